The molecule has 1 aromatic heterocycles. The van der Waals surface area contributed by atoms with Gasteiger partial charge in [-0.3, -0.25) is 4.79 Å². The summed E-state index contributed by atoms with van der Waals surface area (Å²) < 4.78 is 5.92. The van der Waals surface area contributed by atoms with Crippen molar-refractivity contribution in [2.75, 3.05) is 6.54 Å². The summed E-state index contributed by atoms with van der Waals surface area (Å²) in [4.78, 5) is 16.1. The number of fused-ring (bicyclic) bond motifs is 1. The standard InChI is InChI=1S/C16H19N3O2/c17-14(20)11-3-1-4-12-13(11)21-15(19-12)10-5-8-18-16(9-10)6-2-7-16/h1,3-4,10,18H,2,5-9H2,(H2,17,20). The van der Waals surface area contributed by atoms with Crippen LogP contribution in [0.4, 0.5) is 0 Å². The summed E-state index contributed by atoms with van der Waals surface area (Å²) in [6.45, 7) is 1.01. The summed E-state index contributed by atoms with van der Waals surface area (Å²) >= 11 is 0. The van der Waals surface area contributed by atoms with Crippen molar-refractivity contribution in [2.45, 2.75) is 43.6 Å². The SMILES string of the molecule is NC(=O)c1cccc2nc(C3CCNC4(CCC4)C3)oc12. The van der Waals surface area contributed by atoms with E-state index >= 15 is 0 Å². The van der Waals surface area contributed by atoms with Crippen LogP contribution in [0.5, 0.6) is 0 Å². The molecule has 2 aromatic rings. The Hall–Kier alpha value is -1.88. The average Bonchev–Trinajstić information content (AvgIpc) is 2.89. The summed E-state index contributed by atoms with van der Waals surface area (Å²) in [5.74, 6) is 0.621. The van der Waals surface area contributed by atoms with E-state index in [-0.39, 0.29) is 0 Å². The van der Waals surface area contributed by atoms with E-state index in [0.717, 1.165) is 30.8 Å². The second-order valence-corrected chi connectivity index (χ2v) is 6.32. The smallest absolute Gasteiger partial charge is 0.252 e. The van der Waals surface area contributed by atoms with Gasteiger partial charge in [-0.1, -0.05) is 6.07 Å². The number of hydrogen-bond donors (Lipinski definition) is 2. The van der Waals surface area contributed by atoms with E-state index in [4.69, 9.17) is 10.2 Å². The number of nitrogens with two attached hydrogens (primary N) is 1. The molecular formula is C16H19N3O2. The maximum atomic E-state index is 11.5. The number of carbonyl (C=O) groups excluding carboxylic acids is 1. The first-order valence-corrected chi connectivity index (χ1v) is 7.61. The summed E-state index contributed by atoms with van der Waals surface area (Å²) in [5, 5.41) is 3.65. The molecule has 0 radical (unpaired) electrons. The number of piperidine rings is 1. The van der Waals surface area contributed by atoms with Crippen LogP contribution in [-0.4, -0.2) is 23.0 Å². The first-order valence-electron chi connectivity index (χ1n) is 7.61. The van der Waals surface area contributed by atoms with Gasteiger partial charge in [0.15, 0.2) is 11.5 Å². The number of amides is 1. The number of rotatable bonds is 2. The number of para-hydroxylation sites is 1. The van der Waals surface area contributed by atoms with Gasteiger partial charge in [0.2, 0.25) is 0 Å². The van der Waals surface area contributed by atoms with Crippen molar-refractivity contribution >= 4 is 17.0 Å². The lowest BCUT2D eigenvalue weighted by molar-refractivity contribution is 0.100. The second-order valence-electron chi connectivity index (χ2n) is 6.32. The topological polar surface area (TPSA) is 81.2 Å². The molecule has 4 rings (SSSR count). The van der Waals surface area contributed by atoms with Crippen molar-refractivity contribution in [3.8, 4) is 0 Å². The molecule has 21 heavy (non-hydrogen) atoms. The maximum absolute atomic E-state index is 11.5. The Kier molecular flexibility index (Phi) is 2.79. The summed E-state index contributed by atoms with van der Waals surface area (Å²) in [5.41, 5.74) is 7.37. The number of oxazole rings is 1. The monoisotopic (exact) mass is 285 g/mol. The zero-order chi connectivity index (χ0) is 14.4. The number of aromatic nitrogens is 1. The van der Waals surface area contributed by atoms with Crippen LogP contribution in [0.2, 0.25) is 0 Å². The van der Waals surface area contributed by atoms with Crippen molar-refractivity contribution < 1.29 is 9.21 Å². The second kappa shape index (κ2) is 4.56. The first kappa shape index (κ1) is 12.8. The van der Waals surface area contributed by atoms with Gasteiger partial charge in [0.1, 0.15) is 5.52 Å². The fourth-order valence-corrected chi connectivity index (χ4v) is 3.69. The minimum atomic E-state index is -0.468. The van der Waals surface area contributed by atoms with Crippen LogP contribution in [0.25, 0.3) is 11.1 Å². The van der Waals surface area contributed by atoms with Gasteiger partial charge in [0, 0.05) is 11.5 Å². The van der Waals surface area contributed by atoms with Crippen molar-refractivity contribution in [1.82, 2.24) is 10.3 Å². The number of nitrogens with one attached hydrogen (secondary N) is 1. The van der Waals surface area contributed by atoms with Gasteiger partial charge in [-0.05, 0) is 50.8 Å². The molecule has 1 saturated carbocycles. The molecule has 1 saturated heterocycles. The number of benzene rings is 1. The molecule has 5 nitrogen and oxygen atoms in total. The highest BCUT2D eigenvalue weighted by atomic mass is 16.3. The van der Waals surface area contributed by atoms with Crippen molar-refractivity contribution in [3.63, 3.8) is 0 Å². The van der Waals surface area contributed by atoms with Gasteiger partial charge < -0.3 is 15.5 Å². The van der Waals surface area contributed by atoms with Crippen molar-refractivity contribution in [2.24, 2.45) is 5.73 Å². The molecule has 2 aliphatic rings. The number of nitrogens with zero attached hydrogens (tertiary/aromatic N) is 1. The molecule has 1 atom stereocenters. The highest BCUT2D eigenvalue weighted by Crippen LogP contribution is 2.43. The molecule has 1 amide bonds. The first-order chi connectivity index (χ1) is 10.2. The Morgan fingerprint density at radius 3 is 3.00 bits per heavy atom. The molecular weight excluding hydrogens is 266 g/mol. The molecule has 5 heteroatoms. The minimum Gasteiger partial charge on any atom is -0.440 e. The van der Waals surface area contributed by atoms with Crippen LogP contribution >= 0.6 is 0 Å². The van der Waals surface area contributed by atoms with Gasteiger partial charge in [0.25, 0.3) is 5.91 Å². The van der Waals surface area contributed by atoms with E-state index in [1.165, 1.54) is 19.3 Å². The number of primary amides is 1. The lowest BCUT2D eigenvalue weighted by Gasteiger charge is -2.47. The molecule has 1 spiro atoms. The van der Waals surface area contributed by atoms with E-state index in [2.05, 4.69) is 10.3 Å². The van der Waals surface area contributed by atoms with Crippen LogP contribution in [0.15, 0.2) is 22.6 Å². The molecule has 1 aliphatic heterocycles. The van der Waals surface area contributed by atoms with E-state index in [0.29, 0.717) is 22.6 Å². The van der Waals surface area contributed by atoms with Gasteiger partial charge in [0.05, 0.1) is 5.56 Å². The number of carbonyl (C=O) groups is 1. The Morgan fingerprint density at radius 1 is 1.43 bits per heavy atom. The van der Waals surface area contributed by atoms with Crippen LogP contribution < -0.4 is 11.1 Å². The average molecular weight is 285 g/mol. The van der Waals surface area contributed by atoms with Gasteiger partial charge in [-0.15, -0.1) is 0 Å². The predicted octanol–water partition coefficient (Wildman–Crippen LogP) is 2.32. The van der Waals surface area contributed by atoms with E-state index in [9.17, 15) is 4.79 Å². The molecule has 0 bridgehead atoms. The largest absolute Gasteiger partial charge is 0.440 e. The summed E-state index contributed by atoms with van der Waals surface area (Å²) in [6, 6.07) is 5.36. The minimum absolute atomic E-state index is 0.302. The predicted molar refractivity (Wildman–Crippen MR) is 79.1 cm³/mol. The fourth-order valence-electron chi connectivity index (χ4n) is 3.69. The van der Waals surface area contributed by atoms with Gasteiger partial charge >= 0.3 is 0 Å². The Labute approximate surface area is 122 Å². The highest BCUT2D eigenvalue weighted by Gasteiger charge is 2.42. The summed E-state index contributed by atoms with van der Waals surface area (Å²) in [6.07, 6.45) is 5.90. The molecule has 1 unspecified atom stereocenters. The van der Waals surface area contributed by atoms with E-state index in [1.54, 1.807) is 12.1 Å². The Bertz CT molecular complexity index is 703. The molecule has 1 aliphatic carbocycles. The molecule has 1 aromatic carbocycles. The van der Waals surface area contributed by atoms with Crippen LogP contribution in [0.1, 0.15) is 54.3 Å². The highest BCUT2D eigenvalue weighted by molar-refractivity contribution is 6.03. The zero-order valence-electron chi connectivity index (χ0n) is 11.9. The van der Waals surface area contributed by atoms with Gasteiger partial charge in [-0.2, -0.15) is 0 Å². The van der Waals surface area contributed by atoms with Crippen LogP contribution in [0.3, 0.4) is 0 Å². The van der Waals surface area contributed by atoms with E-state index in [1.807, 2.05) is 6.07 Å². The van der Waals surface area contributed by atoms with Gasteiger partial charge in [-0.25, -0.2) is 4.98 Å². The van der Waals surface area contributed by atoms with Crippen molar-refractivity contribution in [3.05, 3.63) is 29.7 Å². The number of hydrogen-bond acceptors (Lipinski definition) is 4. The third kappa shape index (κ3) is 2.03. The molecule has 110 valence electrons. The normalized spacial score (nSPS) is 24.1. The zero-order valence-corrected chi connectivity index (χ0v) is 11.9. The molecule has 3 N–H and O–H groups in total. The van der Waals surface area contributed by atoms with Crippen LogP contribution in [-0.2, 0) is 0 Å². The fraction of sp³-hybridized carbons (Fsp3) is 0.500. The van der Waals surface area contributed by atoms with E-state index < -0.39 is 5.91 Å². The lowest BCUT2D eigenvalue weighted by atomic mass is 9.68. The molecule has 2 fully saturated rings. The molecule has 2 heterocycles. The maximum Gasteiger partial charge on any atom is 0.252 e. The third-order valence-electron chi connectivity index (χ3n) is 4.99. The Morgan fingerprint density at radius 2 is 2.29 bits per heavy atom. The lowest BCUT2D eigenvalue weighted by Crippen LogP contribution is -2.55. The van der Waals surface area contributed by atoms with Crippen LogP contribution in [0, 0.1) is 0 Å². The quantitative estimate of drug-likeness (QED) is 0.887. The third-order valence-corrected chi connectivity index (χ3v) is 4.99. The summed E-state index contributed by atoms with van der Waals surface area (Å²) in [7, 11) is 0. The Balaban J connectivity index is 1.70. The van der Waals surface area contributed by atoms with Crippen molar-refractivity contribution in [1.29, 1.82) is 0 Å².